The Hall–Kier alpha value is -0.920. The van der Waals surface area contributed by atoms with Crippen LogP contribution < -0.4 is 4.72 Å². The average molecular weight is 245 g/mol. The molecule has 1 heterocycles. The summed E-state index contributed by atoms with van der Waals surface area (Å²) >= 11 is 0. The van der Waals surface area contributed by atoms with Crippen molar-refractivity contribution >= 4 is 10.0 Å². The zero-order valence-corrected chi connectivity index (χ0v) is 9.65. The standard InChI is InChI=1S/C9H15N3O3S/c13-5-4-12-7-9(6-10-12)16(14,15)11-8-2-1-3-8/h6-8,11,13H,1-5H2. The Morgan fingerprint density at radius 1 is 1.56 bits per heavy atom. The zero-order valence-electron chi connectivity index (χ0n) is 8.83. The first-order valence-electron chi connectivity index (χ1n) is 5.27. The van der Waals surface area contributed by atoms with Crippen molar-refractivity contribution in [3.8, 4) is 0 Å². The molecule has 16 heavy (non-hydrogen) atoms. The lowest BCUT2D eigenvalue weighted by Crippen LogP contribution is -2.39. The summed E-state index contributed by atoms with van der Waals surface area (Å²) in [5.74, 6) is 0. The molecule has 1 aromatic rings. The lowest BCUT2D eigenvalue weighted by atomic mass is 9.94. The smallest absolute Gasteiger partial charge is 0.243 e. The van der Waals surface area contributed by atoms with E-state index in [1.165, 1.54) is 17.1 Å². The van der Waals surface area contributed by atoms with Gasteiger partial charge >= 0.3 is 0 Å². The molecule has 90 valence electrons. The van der Waals surface area contributed by atoms with Crippen molar-refractivity contribution in [1.29, 1.82) is 0 Å². The summed E-state index contributed by atoms with van der Waals surface area (Å²) in [6, 6.07) is 0.0752. The van der Waals surface area contributed by atoms with Gasteiger partial charge in [-0.25, -0.2) is 13.1 Å². The third kappa shape index (κ3) is 2.42. The maximum absolute atomic E-state index is 11.8. The van der Waals surface area contributed by atoms with Gasteiger partial charge in [0.15, 0.2) is 0 Å². The Morgan fingerprint density at radius 2 is 2.31 bits per heavy atom. The number of aliphatic hydroxyl groups excluding tert-OH is 1. The number of aliphatic hydroxyl groups is 1. The summed E-state index contributed by atoms with van der Waals surface area (Å²) in [7, 11) is -3.43. The van der Waals surface area contributed by atoms with Gasteiger partial charge in [-0.2, -0.15) is 5.10 Å². The molecule has 0 unspecified atom stereocenters. The van der Waals surface area contributed by atoms with Gasteiger partial charge in [0.2, 0.25) is 10.0 Å². The van der Waals surface area contributed by atoms with Crippen LogP contribution in [0.5, 0.6) is 0 Å². The second-order valence-electron chi connectivity index (χ2n) is 3.91. The Labute approximate surface area is 94.3 Å². The fourth-order valence-electron chi connectivity index (χ4n) is 1.52. The highest BCUT2D eigenvalue weighted by Crippen LogP contribution is 2.20. The number of sulfonamides is 1. The topological polar surface area (TPSA) is 84.2 Å². The molecule has 1 saturated carbocycles. The van der Waals surface area contributed by atoms with Gasteiger partial charge in [0.1, 0.15) is 4.90 Å². The first kappa shape index (κ1) is 11.6. The Morgan fingerprint density at radius 3 is 2.88 bits per heavy atom. The lowest BCUT2D eigenvalue weighted by Gasteiger charge is -2.25. The van der Waals surface area contributed by atoms with Crippen LogP contribution in [0.25, 0.3) is 0 Å². The summed E-state index contributed by atoms with van der Waals surface area (Å²) in [5.41, 5.74) is 0. The van der Waals surface area contributed by atoms with Crippen LogP contribution in [0.4, 0.5) is 0 Å². The zero-order chi connectivity index (χ0) is 11.6. The normalized spacial score (nSPS) is 17.3. The molecular formula is C9H15N3O3S. The van der Waals surface area contributed by atoms with Crippen LogP contribution in [0.2, 0.25) is 0 Å². The minimum atomic E-state index is -3.43. The third-order valence-electron chi connectivity index (χ3n) is 2.68. The third-order valence-corrected chi connectivity index (χ3v) is 4.15. The molecule has 6 nitrogen and oxygen atoms in total. The van der Waals surface area contributed by atoms with E-state index in [-0.39, 0.29) is 17.5 Å². The Balaban J connectivity index is 2.08. The van der Waals surface area contributed by atoms with E-state index in [9.17, 15) is 8.42 Å². The predicted molar refractivity (Wildman–Crippen MR) is 57.3 cm³/mol. The predicted octanol–water partition coefficient (Wildman–Crippen LogP) is -0.294. The van der Waals surface area contributed by atoms with Crippen molar-refractivity contribution in [3.63, 3.8) is 0 Å². The van der Waals surface area contributed by atoms with Gasteiger partial charge < -0.3 is 5.11 Å². The van der Waals surface area contributed by atoms with Gasteiger partial charge in [-0.3, -0.25) is 4.68 Å². The summed E-state index contributed by atoms with van der Waals surface area (Å²) in [4.78, 5) is 0.160. The Kier molecular flexibility index (Phi) is 3.27. The van der Waals surface area contributed by atoms with Gasteiger partial charge in [0.05, 0.1) is 19.3 Å². The molecule has 0 bridgehead atoms. The van der Waals surface area contributed by atoms with E-state index >= 15 is 0 Å². The SMILES string of the molecule is O=S(=O)(NC1CCC1)c1cnn(CCO)c1. The molecule has 0 aliphatic heterocycles. The fraction of sp³-hybridized carbons (Fsp3) is 0.667. The highest BCUT2D eigenvalue weighted by atomic mass is 32.2. The van der Waals surface area contributed by atoms with Gasteiger partial charge in [-0.1, -0.05) is 6.42 Å². The van der Waals surface area contributed by atoms with Crippen LogP contribution in [0.3, 0.4) is 0 Å². The molecule has 1 aliphatic rings. The van der Waals surface area contributed by atoms with E-state index in [4.69, 9.17) is 5.11 Å². The minimum absolute atomic E-state index is 0.0583. The molecule has 0 saturated heterocycles. The molecule has 1 aromatic heterocycles. The van der Waals surface area contributed by atoms with E-state index in [0.29, 0.717) is 6.54 Å². The van der Waals surface area contributed by atoms with Gasteiger partial charge in [-0.15, -0.1) is 0 Å². The summed E-state index contributed by atoms with van der Waals surface area (Å²) in [6.45, 7) is 0.246. The average Bonchev–Trinajstić information content (AvgIpc) is 2.62. The number of nitrogens with one attached hydrogen (secondary N) is 1. The molecule has 1 aliphatic carbocycles. The maximum Gasteiger partial charge on any atom is 0.243 e. The van der Waals surface area contributed by atoms with Crippen LogP contribution in [0.1, 0.15) is 19.3 Å². The van der Waals surface area contributed by atoms with Crippen molar-refractivity contribution in [2.24, 2.45) is 0 Å². The number of rotatable bonds is 5. The molecule has 7 heteroatoms. The highest BCUT2D eigenvalue weighted by Gasteiger charge is 2.25. The minimum Gasteiger partial charge on any atom is -0.394 e. The van der Waals surface area contributed by atoms with E-state index in [2.05, 4.69) is 9.82 Å². The van der Waals surface area contributed by atoms with Crippen LogP contribution in [0, 0.1) is 0 Å². The monoisotopic (exact) mass is 245 g/mol. The molecule has 0 spiro atoms. The van der Waals surface area contributed by atoms with Gasteiger partial charge in [-0.05, 0) is 12.8 Å². The molecule has 1 fully saturated rings. The lowest BCUT2D eigenvalue weighted by molar-refractivity contribution is 0.269. The second-order valence-corrected chi connectivity index (χ2v) is 5.63. The summed E-state index contributed by atoms with van der Waals surface area (Å²) in [5, 5.41) is 12.6. The number of nitrogens with zero attached hydrogens (tertiary/aromatic N) is 2. The quantitative estimate of drug-likeness (QED) is 0.746. The first-order chi connectivity index (χ1) is 7.62. The first-order valence-corrected chi connectivity index (χ1v) is 6.76. The van der Waals surface area contributed by atoms with Gasteiger partial charge in [0.25, 0.3) is 0 Å². The van der Waals surface area contributed by atoms with Crippen molar-refractivity contribution in [2.45, 2.75) is 36.7 Å². The van der Waals surface area contributed by atoms with Crippen molar-refractivity contribution in [1.82, 2.24) is 14.5 Å². The highest BCUT2D eigenvalue weighted by molar-refractivity contribution is 7.89. The van der Waals surface area contributed by atoms with Crippen LogP contribution in [-0.4, -0.2) is 36.0 Å². The van der Waals surface area contributed by atoms with Crippen LogP contribution in [-0.2, 0) is 16.6 Å². The molecular weight excluding hydrogens is 230 g/mol. The van der Waals surface area contributed by atoms with E-state index in [1.54, 1.807) is 0 Å². The Bertz CT molecular complexity index is 450. The molecule has 0 aromatic carbocycles. The number of hydrogen-bond donors (Lipinski definition) is 2. The van der Waals surface area contributed by atoms with Crippen molar-refractivity contribution in [3.05, 3.63) is 12.4 Å². The molecule has 2 N–H and O–H groups in total. The van der Waals surface area contributed by atoms with E-state index in [1.807, 2.05) is 0 Å². The van der Waals surface area contributed by atoms with Crippen molar-refractivity contribution < 1.29 is 13.5 Å². The number of hydrogen-bond acceptors (Lipinski definition) is 4. The van der Waals surface area contributed by atoms with Gasteiger partial charge in [0, 0.05) is 12.2 Å². The molecule has 0 radical (unpaired) electrons. The second kappa shape index (κ2) is 4.52. The van der Waals surface area contributed by atoms with Crippen LogP contribution in [0.15, 0.2) is 17.3 Å². The fourth-order valence-corrected chi connectivity index (χ4v) is 2.78. The molecule has 0 atom stereocenters. The number of aromatic nitrogens is 2. The molecule has 2 rings (SSSR count). The largest absolute Gasteiger partial charge is 0.394 e. The van der Waals surface area contributed by atoms with Crippen molar-refractivity contribution in [2.75, 3.05) is 6.61 Å². The summed E-state index contributed by atoms with van der Waals surface area (Å²) in [6.07, 6.45) is 5.62. The van der Waals surface area contributed by atoms with E-state index in [0.717, 1.165) is 19.3 Å². The maximum atomic E-state index is 11.8. The van der Waals surface area contributed by atoms with E-state index < -0.39 is 10.0 Å². The van der Waals surface area contributed by atoms with Crippen LogP contribution >= 0.6 is 0 Å². The summed E-state index contributed by atoms with van der Waals surface area (Å²) < 4.78 is 27.7. The molecule has 0 amide bonds.